The van der Waals surface area contributed by atoms with Gasteiger partial charge < -0.3 is 23.7 Å². The quantitative estimate of drug-likeness (QED) is 0.494. The lowest BCUT2D eigenvalue weighted by molar-refractivity contribution is -0.129. The third-order valence-corrected chi connectivity index (χ3v) is 4.53. The molecule has 0 aliphatic carbocycles. The first-order valence-electron chi connectivity index (χ1n) is 8.17. The lowest BCUT2D eigenvalue weighted by atomic mass is 10.1. The molecule has 0 radical (unpaired) electrons. The highest BCUT2D eigenvalue weighted by Crippen LogP contribution is 2.41. The van der Waals surface area contributed by atoms with E-state index in [1.165, 1.54) is 28.4 Å². The van der Waals surface area contributed by atoms with E-state index in [4.69, 9.17) is 23.7 Å². The predicted octanol–water partition coefficient (Wildman–Crippen LogP) is 3.83. The molecule has 0 saturated heterocycles. The van der Waals surface area contributed by atoms with Crippen molar-refractivity contribution in [3.8, 4) is 23.0 Å². The summed E-state index contributed by atoms with van der Waals surface area (Å²) in [4.78, 5) is 16.7. The van der Waals surface area contributed by atoms with Crippen LogP contribution in [0, 0.1) is 0 Å². The van der Waals surface area contributed by atoms with Crippen LogP contribution in [-0.4, -0.2) is 40.3 Å². The third kappa shape index (κ3) is 3.68. The van der Waals surface area contributed by atoms with E-state index in [1.807, 2.05) is 6.07 Å². The Morgan fingerprint density at radius 1 is 0.929 bits per heavy atom. The zero-order valence-corrected chi connectivity index (χ0v) is 17.3. The van der Waals surface area contributed by atoms with Crippen molar-refractivity contribution < 1.29 is 28.5 Å². The Morgan fingerprint density at radius 3 is 2.25 bits per heavy atom. The van der Waals surface area contributed by atoms with Gasteiger partial charge in [0.2, 0.25) is 11.6 Å². The summed E-state index contributed by atoms with van der Waals surface area (Å²) < 4.78 is 27.6. The molecule has 146 valence electrons. The number of hydrogen-bond acceptors (Lipinski definition) is 7. The smallest absolute Gasteiger partial charge is 0.363 e. The number of methoxy groups -OCH3 is 4. The number of rotatable bonds is 6. The normalized spacial score (nSPS) is 14.5. The first kappa shape index (κ1) is 19.8. The van der Waals surface area contributed by atoms with Crippen LogP contribution in [0.3, 0.4) is 0 Å². The Bertz CT molecular complexity index is 983. The molecule has 7 nitrogen and oxygen atoms in total. The molecule has 2 aromatic rings. The number of benzene rings is 2. The molecule has 0 N–H and O–H groups in total. The summed E-state index contributed by atoms with van der Waals surface area (Å²) in [5.74, 6) is 1.48. The van der Waals surface area contributed by atoms with Gasteiger partial charge in [0.1, 0.15) is 5.75 Å². The molecule has 1 heterocycles. The number of halogens is 1. The van der Waals surface area contributed by atoms with Crippen molar-refractivity contribution in [1.82, 2.24) is 0 Å². The zero-order valence-electron chi connectivity index (χ0n) is 15.7. The fourth-order valence-corrected chi connectivity index (χ4v) is 3.12. The first-order valence-corrected chi connectivity index (χ1v) is 8.97. The van der Waals surface area contributed by atoms with Crippen molar-refractivity contribution in [2.24, 2.45) is 4.99 Å². The second kappa shape index (κ2) is 8.35. The van der Waals surface area contributed by atoms with Crippen LogP contribution in [0.4, 0.5) is 0 Å². The molecule has 8 heteroatoms. The van der Waals surface area contributed by atoms with E-state index >= 15 is 0 Å². The molecule has 0 saturated carbocycles. The molecule has 0 fully saturated rings. The summed E-state index contributed by atoms with van der Waals surface area (Å²) in [6.07, 6.45) is 1.57. The van der Waals surface area contributed by atoms with Gasteiger partial charge in [-0.1, -0.05) is 15.9 Å². The van der Waals surface area contributed by atoms with Crippen LogP contribution in [0.5, 0.6) is 23.0 Å². The van der Waals surface area contributed by atoms with E-state index in [1.54, 1.807) is 30.3 Å². The van der Waals surface area contributed by atoms with Gasteiger partial charge >= 0.3 is 5.97 Å². The lowest BCUT2D eigenvalue weighted by Gasteiger charge is -2.14. The second-order valence-corrected chi connectivity index (χ2v) is 6.52. The summed E-state index contributed by atoms with van der Waals surface area (Å²) in [6.45, 7) is 0. The highest BCUT2D eigenvalue weighted by molar-refractivity contribution is 9.10. The number of esters is 1. The summed E-state index contributed by atoms with van der Waals surface area (Å²) in [5.41, 5.74) is 1.29. The number of ether oxygens (including phenoxy) is 5. The number of nitrogens with zero attached hydrogens (tertiary/aromatic N) is 1. The molecule has 0 bridgehead atoms. The van der Waals surface area contributed by atoms with Crippen molar-refractivity contribution in [3.05, 3.63) is 51.6 Å². The molecule has 1 aliphatic rings. The average Bonchev–Trinajstić information content (AvgIpc) is 3.07. The van der Waals surface area contributed by atoms with Gasteiger partial charge in [-0.3, -0.25) is 0 Å². The standard InChI is InChI=1S/C20H18BrNO6/c1-24-15-8-6-12(21)10-13(15)19-22-14(20(23)28-19)9-11-5-7-16(25-2)18(27-4)17(11)26-3/h5-10H,1-4H3. The van der Waals surface area contributed by atoms with Gasteiger partial charge in [-0.2, -0.15) is 0 Å². The Hall–Kier alpha value is -3.00. The van der Waals surface area contributed by atoms with E-state index in [0.29, 0.717) is 34.1 Å². The van der Waals surface area contributed by atoms with Crippen LogP contribution in [0.15, 0.2) is 45.5 Å². The Morgan fingerprint density at radius 2 is 1.61 bits per heavy atom. The summed E-state index contributed by atoms with van der Waals surface area (Å²) in [5, 5.41) is 0. The monoisotopic (exact) mass is 447 g/mol. The molecule has 0 atom stereocenters. The molecule has 1 aliphatic heterocycles. The molecule has 0 unspecified atom stereocenters. The van der Waals surface area contributed by atoms with Crippen LogP contribution >= 0.6 is 15.9 Å². The second-order valence-electron chi connectivity index (χ2n) is 5.60. The molecule has 0 amide bonds. The Kier molecular flexibility index (Phi) is 5.89. The molecule has 3 rings (SSSR count). The average molecular weight is 448 g/mol. The first-order chi connectivity index (χ1) is 13.5. The largest absolute Gasteiger partial charge is 0.496 e. The van der Waals surface area contributed by atoms with Crippen molar-refractivity contribution in [2.45, 2.75) is 0 Å². The van der Waals surface area contributed by atoms with E-state index in [0.717, 1.165) is 4.47 Å². The molecular formula is C20H18BrNO6. The maximum atomic E-state index is 12.4. The summed E-state index contributed by atoms with van der Waals surface area (Å²) in [6, 6.07) is 8.81. The minimum absolute atomic E-state index is 0.127. The number of aliphatic imine (C=N–C) groups is 1. The summed E-state index contributed by atoms with van der Waals surface area (Å²) >= 11 is 3.40. The van der Waals surface area contributed by atoms with Crippen LogP contribution in [-0.2, 0) is 9.53 Å². The number of carbonyl (C=O) groups is 1. The van der Waals surface area contributed by atoms with E-state index in [2.05, 4.69) is 20.9 Å². The third-order valence-electron chi connectivity index (χ3n) is 4.04. The van der Waals surface area contributed by atoms with Crippen LogP contribution in [0.25, 0.3) is 6.08 Å². The number of carbonyl (C=O) groups excluding carboxylic acids is 1. The Balaban J connectivity index is 2.07. The van der Waals surface area contributed by atoms with Crippen molar-refractivity contribution in [2.75, 3.05) is 28.4 Å². The topological polar surface area (TPSA) is 75.6 Å². The zero-order chi connectivity index (χ0) is 20.3. The van der Waals surface area contributed by atoms with Crippen molar-refractivity contribution in [3.63, 3.8) is 0 Å². The molecule has 0 aromatic heterocycles. The van der Waals surface area contributed by atoms with Gasteiger partial charge in [0.15, 0.2) is 17.2 Å². The maximum absolute atomic E-state index is 12.4. The fraction of sp³-hybridized carbons (Fsp3) is 0.200. The number of hydrogen-bond donors (Lipinski definition) is 0. The molecule has 0 spiro atoms. The van der Waals surface area contributed by atoms with Gasteiger partial charge in [0, 0.05) is 10.0 Å². The van der Waals surface area contributed by atoms with Crippen molar-refractivity contribution >= 4 is 33.9 Å². The van der Waals surface area contributed by atoms with Crippen molar-refractivity contribution in [1.29, 1.82) is 0 Å². The van der Waals surface area contributed by atoms with E-state index in [9.17, 15) is 4.79 Å². The SMILES string of the molecule is COc1ccc(Br)cc1C1=NC(=Cc2ccc(OC)c(OC)c2OC)C(=O)O1. The highest BCUT2D eigenvalue weighted by atomic mass is 79.9. The van der Waals surface area contributed by atoms with E-state index < -0.39 is 5.97 Å². The van der Waals surface area contributed by atoms with Gasteiger partial charge in [0.05, 0.1) is 34.0 Å². The van der Waals surface area contributed by atoms with Gasteiger partial charge in [0.25, 0.3) is 0 Å². The number of cyclic esters (lactones) is 1. The van der Waals surface area contributed by atoms with Crippen LogP contribution in [0.1, 0.15) is 11.1 Å². The summed E-state index contributed by atoms with van der Waals surface area (Å²) in [7, 11) is 6.09. The molecule has 28 heavy (non-hydrogen) atoms. The predicted molar refractivity (Wildman–Crippen MR) is 107 cm³/mol. The molecule has 2 aromatic carbocycles. The van der Waals surface area contributed by atoms with Gasteiger partial charge in [-0.15, -0.1) is 0 Å². The Labute approximate surface area is 170 Å². The maximum Gasteiger partial charge on any atom is 0.363 e. The van der Waals surface area contributed by atoms with Gasteiger partial charge in [-0.25, -0.2) is 9.79 Å². The van der Waals surface area contributed by atoms with Crippen LogP contribution < -0.4 is 18.9 Å². The minimum Gasteiger partial charge on any atom is -0.496 e. The molecular weight excluding hydrogens is 430 g/mol. The van der Waals surface area contributed by atoms with E-state index in [-0.39, 0.29) is 11.6 Å². The minimum atomic E-state index is -0.575. The van der Waals surface area contributed by atoms with Gasteiger partial charge in [-0.05, 0) is 36.4 Å². The highest BCUT2D eigenvalue weighted by Gasteiger charge is 2.27. The fourth-order valence-electron chi connectivity index (χ4n) is 2.76. The lowest BCUT2D eigenvalue weighted by Crippen LogP contribution is -2.07. The van der Waals surface area contributed by atoms with Crippen LogP contribution in [0.2, 0.25) is 0 Å².